The maximum atomic E-state index is 11.2. The molecule has 0 heterocycles. The minimum Gasteiger partial charge on any atom is -0.450 e. The van der Waals surface area contributed by atoms with Gasteiger partial charge in [0.1, 0.15) is 0 Å². The van der Waals surface area contributed by atoms with Crippen LogP contribution < -0.4 is 5.32 Å². The van der Waals surface area contributed by atoms with Crippen molar-refractivity contribution < 1.29 is 19.4 Å². The first-order valence-electron chi connectivity index (χ1n) is 6.02. The molecule has 102 valence electrons. The van der Waals surface area contributed by atoms with Crippen LogP contribution in [0.25, 0.3) is 0 Å². The molecule has 0 rings (SSSR count). The highest BCUT2D eigenvalue weighted by molar-refractivity contribution is 5.67. The van der Waals surface area contributed by atoms with E-state index in [9.17, 15) is 4.79 Å². The van der Waals surface area contributed by atoms with Crippen LogP contribution in [0.1, 0.15) is 40.5 Å². The van der Waals surface area contributed by atoms with Crippen molar-refractivity contribution in [1.82, 2.24) is 5.32 Å². The van der Waals surface area contributed by atoms with E-state index >= 15 is 0 Å². The van der Waals surface area contributed by atoms with Gasteiger partial charge in [-0.3, -0.25) is 0 Å². The summed E-state index contributed by atoms with van der Waals surface area (Å²) < 4.78 is 10.2. The zero-order chi connectivity index (χ0) is 13.3. The first kappa shape index (κ1) is 16.2. The number of unbranched alkanes of at least 4 members (excludes halogenated alkanes) is 1. The fraction of sp³-hybridized carbons (Fsp3) is 0.917. The summed E-state index contributed by atoms with van der Waals surface area (Å²) in [6.45, 7) is 8.70. The molecule has 0 saturated carbocycles. The Morgan fingerprint density at radius 3 is 2.41 bits per heavy atom. The van der Waals surface area contributed by atoms with Crippen molar-refractivity contribution in [2.45, 2.75) is 52.2 Å². The maximum Gasteiger partial charge on any atom is 0.407 e. The fourth-order valence-corrected chi connectivity index (χ4v) is 1.07. The number of aliphatic hydroxyl groups is 1. The summed E-state index contributed by atoms with van der Waals surface area (Å²) in [4.78, 5) is 11.2. The molecule has 1 amide bonds. The van der Waals surface area contributed by atoms with Crippen LogP contribution in [0.2, 0.25) is 0 Å². The topological polar surface area (TPSA) is 67.8 Å². The zero-order valence-electron chi connectivity index (χ0n) is 11.3. The number of nitrogens with one attached hydrogen (secondary N) is 1. The van der Waals surface area contributed by atoms with Gasteiger partial charge in [-0.2, -0.15) is 0 Å². The molecular weight excluding hydrogens is 222 g/mol. The third kappa shape index (κ3) is 13.1. The second kappa shape index (κ2) is 8.31. The number of carbonyl (C=O) groups is 1. The van der Waals surface area contributed by atoms with Crippen LogP contribution in [-0.4, -0.2) is 42.7 Å². The minimum atomic E-state index is -0.427. The van der Waals surface area contributed by atoms with Crippen LogP contribution in [0.5, 0.6) is 0 Å². The molecule has 0 aromatic heterocycles. The van der Waals surface area contributed by atoms with Crippen LogP contribution >= 0.6 is 0 Å². The monoisotopic (exact) mass is 247 g/mol. The fourth-order valence-electron chi connectivity index (χ4n) is 1.07. The van der Waals surface area contributed by atoms with Crippen molar-refractivity contribution in [1.29, 1.82) is 0 Å². The summed E-state index contributed by atoms with van der Waals surface area (Å²) in [6, 6.07) is 0. The number of ether oxygens (including phenoxy) is 2. The average Bonchev–Trinajstić information content (AvgIpc) is 2.12. The van der Waals surface area contributed by atoms with E-state index in [1.807, 2.05) is 20.8 Å². The van der Waals surface area contributed by atoms with Gasteiger partial charge in [0.15, 0.2) is 0 Å². The molecule has 0 bridgehead atoms. The van der Waals surface area contributed by atoms with Crippen molar-refractivity contribution >= 4 is 6.09 Å². The minimum absolute atomic E-state index is 0.266. The summed E-state index contributed by atoms with van der Waals surface area (Å²) in [5, 5.41) is 11.6. The van der Waals surface area contributed by atoms with Gasteiger partial charge in [-0.1, -0.05) is 0 Å². The number of carbonyl (C=O) groups excluding carboxylic acids is 1. The van der Waals surface area contributed by atoms with Crippen molar-refractivity contribution in [2.24, 2.45) is 0 Å². The number of aliphatic hydroxyl groups excluding tert-OH is 1. The van der Waals surface area contributed by atoms with Crippen LogP contribution in [-0.2, 0) is 9.47 Å². The summed E-state index contributed by atoms with van der Waals surface area (Å²) in [6.07, 6.45) is 0.763. The standard InChI is InChI=1S/C12H25NO4/c1-10(14)9-16-7-5-6-8-17-11(15)13-12(2,3)4/h10,14H,5-9H2,1-4H3,(H,13,15)/t10-/m0/s1. The van der Waals surface area contributed by atoms with Gasteiger partial charge in [0.2, 0.25) is 0 Å². The largest absolute Gasteiger partial charge is 0.450 e. The average molecular weight is 247 g/mol. The molecule has 17 heavy (non-hydrogen) atoms. The normalized spacial score (nSPS) is 13.2. The Kier molecular flexibility index (Phi) is 7.91. The van der Waals surface area contributed by atoms with Gasteiger partial charge in [0.05, 0.1) is 19.3 Å². The number of amides is 1. The van der Waals surface area contributed by atoms with Crippen molar-refractivity contribution in [3.8, 4) is 0 Å². The lowest BCUT2D eigenvalue weighted by Gasteiger charge is -2.19. The number of hydrogen-bond acceptors (Lipinski definition) is 4. The molecule has 0 aromatic carbocycles. The molecule has 0 aliphatic heterocycles. The summed E-state index contributed by atoms with van der Waals surface area (Å²) in [7, 11) is 0. The Morgan fingerprint density at radius 2 is 1.88 bits per heavy atom. The first-order valence-corrected chi connectivity index (χ1v) is 6.02. The highest BCUT2D eigenvalue weighted by Gasteiger charge is 2.13. The van der Waals surface area contributed by atoms with Crippen LogP contribution in [0.15, 0.2) is 0 Å². The molecule has 5 nitrogen and oxygen atoms in total. The Morgan fingerprint density at radius 1 is 1.29 bits per heavy atom. The molecule has 0 saturated heterocycles. The predicted molar refractivity (Wildman–Crippen MR) is 66.0 cm³/mol. The third-order valence-electron chi connectivity index (χ3n) is 1.75. The molecule has 0 aromatic rings. The lowest BCUT2D eigenvalue weighted by Crippen LogP contribution is -2.41. The van der Waals surface area contributed by atoms with Gasteiger partial charge >= 0.3 is 6.09 Å². The van der Waals surface area contributed by atoms with E-state index in [0.29, 0.717) is 19.8 Å². The predicted octanol–water partition coefficient (Wildman–Crippen LogP) is 1.69. The van der Waals surface area contributed by atoms with E-state index in [-0.39, 0.29) is 11.6 Å². The van der Waals surface area contributed by atoms with Crippen LogP contribution in [0, 0.1) is 0 Å². The van der Waals surface area contributed by atoms with E-state index < -0.39 is 6.10 Å². The van der Waals surface area contributed by atoms with Gasteiger partial charge in [0.25, 0.3) is 0 Å². The Hall–Kier alpha value is -0.810. The van der Waals surface area contributed by atoms with E-state index in [2.05, 4.69) is 5.32 Å². The molecule has 0 aliphatic carbocycles. The van der Waals surface area contributed by atoms with Crippen LogP contribution in [0.3, 0.4) is 0 Å². The third-order valence-corrected chi connectivity index (χ3v) is 1.75. The van der Waals surface area contributed by atoms with Gasteiger partial charge in [-0.15, -0.1) is 0 Å². The molecule has 0 fully saturated rings. The van der Waals surface area contributed by atoms with Crippen molar-refractivity contribution in [3.63, 3.8) is 0 Å². The van der Waals surface area contributed by atoms with Crippen molar-refractivity contribution in [2.75, 3.05) is 19.8 Å². The zero-order valence-corrected chi connectivity index (χ0v) is 11.3. The van der Waals surface area contributed by atoms with Crippen LogP contribution in [0.4, 0.5) is 4.79 Å². The van der Waals surface area contributed by atoms with Gasteiger partial charge in [-0.25, -0.2) is 4.79 Å². The highest BCUT2D eigenvalue weighted by Crippen LogP contribution is 2.00. The number of hydrogen-bond donors (Lipinski definition) is 2. The smallest absolute Gasteiger partial charge is 0.407 e. The quantitative estimate of drug-likeness (QED) is 0.672. The number of alkyl carbamates (subject to hydrolysis) is 1. The highest BCUT2D eigenvalue weighted by atomic mass is 16.5. The Labute approximate surface area is 103 Å². The van der Waals surface area contributed by atoms with E-state index in [1.165, 1.54) is 0 Å². The molecule has 2 N–H and O–H groups in total. The lowest BCUT2D eigenvalue weighted by atomic mass is 10.1. The maximum absolute atomic E-state index is 11.2. The van der Waals surface area contributed by atoms with Gasteiger partial charge in [-0.05, 0) is 40.5 Å². The van der Waals surface area contributed by atoms with E-state index in [4.69, 9.17) is 14.6 Å². The lowest BCUT2D eigenvalue weighted by molar-refractivity contribution is 0.0426. The number of rotatable bonds is 7. The molecule has 1 atom stereocenters. The molecule has 0 aliphatic rings. The van der Waals surface area contributed by atoms with Gasteiger partial charge < -0.3 is 19.9 Å². The molecule has 0 unspecified atom stereocenters. The first-order chi connectivity index (χ1) is 7.81. The Bertz CT molecular complexity index is 211. The summed E-state index contributed by atoms with van der Waals surface area (Å²) in [5.41, 5.74) is -0.266. The second-order valence-corrected chi connectivity index (χ2v) is 5.14. The van der Waals surface area contributed by atoms with Gasteiger partial charge in [0, 0.05) is 12.1 Å². The Balaban J connectivity index is 3.31. The van der Waals surface area contributed by atoms with E-state index in [0.717, 1.165) is 12.8 Å². The van der Waals surface area contributed by atoms with Crippen molar-refractivity contribution in [3.05, 3.63) is 0 Å². The summed E-state index contributed by atoms with van der Waals surface area (Å²) in [5.74, 6) is 0. The SMILES string of the molecule is C[C@H](O)COCCCCOC(=O)NC(C)(C)C. The molecular formula is C12H25NO4. The molecule has 0 spiro atoms. The molecule has 5 heteroatoms. The van der Waals surface area contributed by atoms with E-state index in [1.54, 1.807) is 6.92 Å². The molecule has 0 radical (unpaired) electrons. The summed E-state index contributed by atoms with van der Waals surface area (Å²) >= 11 is 0. The second-order valence-electron chi connectivity index (χ2n) is 5.14.